The highest BCUT2D eigenvalue weighted by Gasteiger charge is 2.15. The molecule has 0 aromatic carbocycles. The number of rotatable bonds is 3. The smallest absolute Gasteiger partial charge is 0.198 e. The maximum Gasteiger partial charge on any atom is 0.198 e. The van der Waals surface area contributed by atoms with E-state index in [-0.39, 0.29) is 0 Å². The van der Waals surface area contributed by atoms with Gasteiger partial charge in [-0.15, -0.1) is 0 Å². The van der Waals surface area contributed by atoms with Crippen LogP contribution in [0, 0.1) is 5.92 Å². The van der Waals surface area contributed by atoms with Crippen LogP contribution in [-0.4, -0.2) is 6.29 Å². The Balaban J connectivity index is 1.93. The lowest BCUT2D eigenvalue weighted by atomic mass is 9.82. The zero-order valence-corrected chi connectivity index (χ0v) is 5.02. The summed E-state index contributed by atoms with van der Waals surface area (Å²) in [6.45, 7) is 0. The van der Waals surface area contributed by atoms with E-state index in [4.69, 9.17) is 0 Å². The molecule has 0 aliphatic heterocycles. The van der Waals surface area contributed by atoms with Crippen LogP contribution in [0.2, 0.25) is 0 Å². The molecule has 0 amide bonds. The lowest BCUT2D eigenvalue weighted by Crippen LogP contribution is -2.10. The molecular formula is C7H11O. The van der Waals surface area contributed by atoms with Crippen molar-refractivity contribution in [1.29, 1.82) is 0 Å². The van der Waals surface area contributed by atoms with Gasteiger partial charge in [-0.05, 0) is 12.3 Å². The van der Waals surface area contributed by atoms with E-state index in [1.165, 1.54) is 19.3 Å². The molecule has 1 aliphatic rings. The molecule has 0 aromatic heterocycles. The van der Waals surface area contributed by atoms with Gasteiger partial charge in [-0.3, -0.25) is 4.79 Å². The first-order chi connectivity index (χ1) is 3.93. The van der Waals surface area contributed by atoms with Crippen molar-refractivity contribution >= 4 is 6.29 Å². The van der Waals surface area contributed by atoms with Crippen molar-refractivity contribution in [3.05, 3.63) is 0 Å². The van der Waals surface area contributed by atoms with Crippen LogP contribution >= 0.6 is 0 Å². The second kappa shape index (κ2) is 2.85. The highest BCUT2D eigenvalue weighted by molar-refractivity contribution is 5.50. The van der Waals surface area contributed by atoms with Gasteiger partial charge in [0.05, 0.1) is 0 Å². The van der Waals surface area contributed by atoms with Crippen LogP contribution in [0.1, 0.15) is 32.1 Å². The highest BCUT2D eigenvalue weighted by atomic mass is 16.1. The number of carbonyl (C=O) groups excluding carboxylic acids is 1. The Morgan fingerprint density at radius 1 is 1.50 bits per heavy atom. The van der Waals surface area contributed by atoms with Gasteiger partial charge in [0.15, 0.2) is 6.29 Å². The van der Waals surface area contributed by atoms with Crippen molar-refractivity contribution in [1.82, 2.24) is 0 Å². The number of hydrogen-bond donors (Lipinski definition) is 0. The Labute approximate surface area is 50.1 Å². The molecule has 0 N–H and O–H groups in total. The lowest BCUT2D eigenvalue weighted by molar-refractivity contribution is 0.299. The van der Waals surface area contributed by atoms with Crippen molar-refractivity contribution in [2.45, 2.75) is 32.1 Å². The Kier molecular flexibility index (Phi) is 2.07. The molecule has 8 heavy (non-hydrogen) atoms. The molecule has 1 rings (SSSR count). The summed E-state index contributed by atoms with van der Waals surface area (Å²) in [5, 5.41) is 0. The molecule has 0 heterocycles. The molecule has 0 unspecified atom stereocenters. The summed E-state index contributed by atoms with van der Waals surface area (Å²) < 4.78 is 0. The fourth-order valence-corrected chi connectivity index (χ4v) is 1.04. The molecule has 0 saturated heterocycles. The van der Waals surface area contributed by atoms with E-state index < -0.39 is 0 Å². The Morgan fingerprint density at radius 3 is 2.62 bits per heavy atom. The topological polar surface area (TPSA) is 17.1 Å². The molecule has 0 bridgehead atoms. The van der Waals surface area contributed by atoms with E-state index in [0.29, 0.717) is 6.42 Å². The van der Waals surface area contributed by atoms with E-state index in [9.17, 15) is 4.79 Å². The van der Waals surface area contributed by atoms with Crippen LogP contribution in [-0.2, 0) is 4.79 Å². The first kappa shape index (κ1) is 5.80. The average molecular weight is 111 g/mol. The third-order valence-electron chi connectivity index (χ3n) is 1.88. The SMILES string of the molecule is O=[C]CCC1CCC1. The monoisotopic (exact) mass is 111 g/mol. The normalized spacial score (nSPS) is 20.0. The van der Waals surface area contributed by atoms with Gasteiger partial charge in [-0.2, -0.15) is 0 Å². The van der Waals surface area contributed by atoms with Crippen LogP contribution in [0.3, 0.4) is 0 Å². The summed E-state index contributed by atoms with van der Waals surface area (Å²) in [5.41, 5.74) is 0. The average Bonchev–Trinajstić information content (AvgIpc) is 1.63. The van der Waals surface area contributed by atoms with E-state index in [0.717, 1.165) is 12.3 Å². The molecule has 45 valence electrons. The predicted molar refractivity (Wildman–Crippen MR) is 32.3 cm³/mol. The molecule has 0 aromatic rings. The molecule has 1 aliphatic carbocycles. The second-order valence-corrected chi connectivity index (χ2v) is 2.48. The van der Waals surface area contributed by atoms with Crippen LogP contribution in [0.5, 0.6) is 0 Å². The van der Waals surface area contributed by atoms with Crippen molar-refractivity contribution in [3.63, 3.8) is 0 Å². The van der Waals surface area contributed by atoms with Crippen LogP contribution < -0.4 is 0 Å². The lowest BCUT2D eigenvalue weighted by Gasteiger charge is -2.23. The van der Waals surface area contributed by atoms with Gasteiger partial charge in [0.25, 0.3) is 0 Å². The molecule has 1 saturated carbocycles. The molecule has 0 atom stereocenters. The first-order valence-electron chi connectivity index (χ1n) is 3.28. The van der Waals surface area contributed by atoms with Gasteiger partial charge in [0.2, 0.25) is 0 Å². The summed E-state index contributed by atoms with van der Waals surface area (Å²) in [6, 6.07) is 0. The van der Waals surface area contributed by atoms with Crippen molar-refractivity contribution in [2.24, 2.45) is 5.92 Å². The molecule has 1 heteroatoms. The fraction of sp³-hybridized carbons (Fsp3) is 0.857. The minimum Gasteiger partial charge on any atom is -0.291 e. The van der Waals surface area contributed by atoms with E-state index in [1.807, 2.05) is 6.29 Å². The van der Waals surface area contributed by atoms with Crippen LogP contribution in [0.4, 0.5) is 0 Å². The van der Waals surface area contributed by atoms with E-state index in [1.54, 1.807) is 0 Å². The third-order valence-corrected chi connectivity index (χ3v) is 1.88. The third kappa shape index (κ3) is 1.32. The van der Waals surface area contributed by atoms with Gasteiger partial charge in [0, 0.05) is 6.42 Å². The summed E-state index contributed by atoms with van der Waals surface area (Å²) in [6.07, 6.45) is 7.74. The van der Waals surface area contributed by atoms with E-state index in [2.05, 4.69) is 0 Å². The zero-order valence-electron chi connectivity index (χ0n) is 5.02. The first-order valence-corrected chi connectivity index (χ1v) is 3.28. The maximum absolute atomic E-state index is 9.72. The summed E-state index contributed by atoms with van der Waals surface area (Å²) in [7, 11) is 0. The van der Waals surface area contributed by atoms with Gasteiger partial charge in [0.1, 0.15) is 0 Å². The van der Waals surface area contributed by atoms with Crippen molar-refractivity contribution in [2.75, 3.05) is 0 Å². The zero-order chi connectivity index (χ0) is 5.82. The standard InChI is InChI=1S/C7H11O/c8-6-2-5-7-3-1-4-7/h7H,1-5H2. The van der Waals surface area contributed by atoms with E-state index >= 15 is 0 Å². The summed E-state index contributed by atoms with van der Waals surface area (Å²) in [4.78, 5) is 9.72. The summed E-state index contributed by atoms with van der Waals surface area (Å²) >= 11 is 0. The minimum atomic E-state index is 0.657. The van der Waals surface area contributed by atoms with Crippen molar-refractivity contribution < 1.29 is 4.79 Å². The van der Waals surface area contributed by atoms with Gasteiger partial charge in [-0.25, -0.2) is 0 Å². The molecule has 1 nitrogen and oxygen atoms in total. The second-order valence-electron chi connectivity index (χ2n) is 2.48. The maximum atomic E-state index is 9.72. The molecule has 1 radical (unpaired) electrons. The quantitative estimate of drug-likeness (QED) is 0.541. The van der Waals surface area contributed by atoms with Crippen LogP contribution in [0.15, 0.2) is 0 Å². The Hall–Kier alpha value is -0.330. The van der Waals surface area contributed by atoms with Gasteiger partial charge in [-0.1, -0.05) is 19.3 Å². The molecule has 0 spiro atoms. The van der Waals surface area contributed by atoms with Crippen molar-refractivity contribution in [3.8, 4) is 0 Å². The molecular weight excluding hydrogens is 100 g/mol. The molecule has 1 fully saturated rings. The Morgan fingerprint density at radius 2 is 2.25 bits per heavy atom. The fourth-order valence-electron chi connectivity index (χ4n) is 1.04. The minimum absolute atomic E-state index is 0.657. The van der Waals surface area contributed by atoms with Crippen LogP contribution in [0.25, 0.3) is 0 Å². The number of hydrogen-bond acceptors (Lipinski definition) is 1. The van der Waals surface area contributed by atoms with Gasteiger partial charge < -0.3 is 0 Å². The Bertz CT molecular complexity index is 74.5. The summed E-state index contributed by atoms with van der Waals surface area (Å²) in [5.74, 6) is 0.872. The largest absolute Gasteiger partial charge is 0.291 e. The predicted octanol–water partition coefficient (Wildman–Crippen LogP) is 1.68. The highest BCUT2D eigenvalue weighted by Crippen LogP contribution is 2.29. The van der Waals surface area contributed by atoms with Gasteiger partial charge >= 0.3 is 0 Å².